The largest absolute Gasteiger partial charge is 0.352 e. The molecule has 6 nitrogen and oxygen atoms in total. The van der Waals surface area contributed by atoms with Gasteiger partial charge in [-0.3, -0.25) is 14.2 Å². The van der Waals surface area contributed by atoms with Crippen LogP contribution in [0.5, 0.6) is 0 Å². The van der Waals surface area contributed by atoms with Crippen molar-refractivity contribution in [2.75, 3.05) is 5.32 Å². The number of nitrogens with one attached hydrogen (secondary N) is 2. The summed E-state index contributed by atoms with van der Waals surface area (Å²) >= 11 is 0. The van der Waals surface area contributed by atoms with Crippen molar-refractivity contribution < 1.29 is 4.79 Å². The first-order valence-electron chi connectivity index (χ1n) is 10.7. The Kier molecular flexibility index (Phi) is 4.18. The van der Waals surface area contributed by atoms with Gasteiger partial charge in [-0.25, -0.2) is 4.98 Å². The lowest BCUT2D eigenvalue weighted by Crippen LogP contribution is -2.27. The molecule has 0 saturated carbocycles. The first-order chi connectivity index (χ1) is 15.7. The highest BCUT2D eigenvalue weighted by molar-refractivity contribution is 5.95. The van der Waals surface area contributed by atoms with E-state index in [0.717, 1.165) is 23.2 Å². The molecule has 0 bridgehead atoms. The lowest BCUT2D eigenvalue weighted by Gasteiger charge is -2.19. The summed E-state index contributed by atoms with van der Waals surface area (Å²) < 4.78 is 1.73. The number of aromatic amines is 1. The lowest BCUT2D eigenvalue weighted by molar-refractivity contribution is -0.115. The van der Waals surface area contributed by atoms with E-state index >= 15 is 0 Å². The second kappa shape index (κ2) is 7.20. The van der Waals surface area contributed by atoms with E-state index in [0.29, 0.717) is 29.0 Å². The number of carbonyl (C=O) groups is 1. The number of amides is 1. The van der Waals surface area contributed by atoms with Gasteiger partial charge in [0.25, 0.3) is 5.56 Å². The van der Waals surface area contributed by atoms with E-state index in [4.69, 9.17) is 4.98 Å². The normalized spacial score (nSPS) is 12.5. The molecule has 0 aliphatic carbocycles. The smallest absolute Gasteiger partial charge is 0.261 e. The molecule has 0 atom stereocenters. The fourth-order valence-electron chi connectivity index (χ4n) is 4.56. The van der Waals surface area contributed by atoms with Crippen LogP contribution >= 0.6 is 0 Å². The number of anilines is 1. The van der Waals surface area contributed by atoms with Gasteiger partial charge < -0.3 is 10.3 Å². The fraction of sp³-hybridized carbons (Fsp3) is 0.115. The predicted octanol–water partition coefficient (Wildman–Crippen LogP) is 4.28. The summed E-state index contributed by atoms with van der Waals surface area (Å²) in [5.74, 6) is 0.546. The Morgan fingerprint density at radius 3 is 2.69 bits per heavy atom. The van der Waals surface area contributed by atoms with Crippen LogP contribution in [0.15, 0.2) is 77.6 Å². The van der Waals surface area contributed by atoms with Crippen molar-refractivity contribution in [3.05, 3.63) is 94.3 Å². The number of para-hydroxylation sites is 1. The average molecular weight is 420 g/mol. The minimum absolute atomic E-state index is 0.0894. The van der Waals surface area contributed by atoms with E-state index in [1.165, 1.54) is 10.9 Å². The molecule has 2 N–H and O–H groups in total. The maximum Gasteiger partial charge on any atom is 0.261 e. The minimum atomic E-state index is -0.121. The zero-order chi connectivity index (χ0) is 21.7. The molecular formula is C26H20N4O2. The first kappa shape index (κ1) is 18.6. The van der Waals surface area contributed by atoms with Crippen LogP contribution in [-0.2, 0) is 24.2 Å². The van der Waals surface area contributed by atoms with Gasteiger partial charge >= 0.3 is 0 Å². The van der Waals surface area contributed by atoms with Gasteiger partial charge in [0, 0.05) is 23.1 Å². The van der Waals surface area contributed by atoms with Crippen LogP contribution in [0.3, 0.4) is 0 Å². The number of carbonyl (C=O) groups excluding carboxylic acids is 1. The second-order valence-corrected chi connectivity index (χ2v) is 8.11. The van der Waals surface area contributed by atoms with E-state index in [2.05, 4.69) is 16.4 Å². The van der Waals surface area contributed by atoms with E-state index < -0.39 is 0 Å². The van der Waals surface area contributed by atoms with Crippen molar-refractivity contribution in [2.45, 2.75) is 19.4 Å². The molecule has 6 heteroatoms. The Morgan fingerprint density at radius 1 is 1.00 bits per heavy atom. The van der Waals surface area contributed by atoms with Gasteiger partial charge in [-0.1, -0.05) is 48.5 Å². The summed E-state index contributed by atoms with van der Waals surface area (Å²) in [5, 5.41) is 4.59. The van der Waals surface area contributed by atoms with Gasteiger partial charge in [-0.15, -0.1) is 0 Å². The number of hydrogen-bond donors (Lipinski definition) is 2. The number of aryl methyl sites for hydroxylation is 1. The van der Waals surface area contributed by atoms with Gasteiger partial charge in [-0.2, -0.15) is 0 Å². The molecule has 1 amide bonds. The van der Waals surface area contributed by atoms with Crippen molar-refractivity contribution in [3.63, 3.8) is 0 Å². The maximum absolute atomic E-state index is 13.3. The average Bonchev–Trinajstić information content (AvgIpc) is 3.19. The van der Waals surface area contributed by atoms with Crippen LogP contribution in [0.4, 0.5) is 5.69 Å². The van der Waals surface area contributed by atoms with E-state index in [9.17, 15) is 9.59 Å². The number of nitrogens with zero attached hydrogens (tertiary/aromatic N) is 2. The van der Waals surface area contributed by atoms with Crippen molar-refractivity contribution in [3.8, 4) is 11.5 Å². The number of aromatic nitrogens is 3. The van der Waals surface area contributed by atoms with E-state index in [1.807, 2.05) is 48.5 Å². The summed E-state index contributed by atoms with van der Waals surface area (Å²) in [6.45, 7) is 0.580. The number of fused-ring (bicyclic) bond motifs is 6. The molecule has 1 aliphatic rings. The molecule has 6 rings (SSSR count). The summed E-state index contributed by atoms with van der Waals surface area (Å²) in [4.78, 5) is 34.0. The summed E-state index contributed by atoms with van der Waals surface area (Å²) in [7, 11) is 0. The van der Waals surface area contributed by atoms with Gasteiger partial charge in [0.2, 0.25) is 5.91 Å². The van der Waals surface area contributed by atoms with Crippen molar-refractivity contribution in [2.24, 2.45) is 0 Å². The molecule has 0 fully saturated rings. The van der Waals surface area contributed by atoms with Crippen molar-refractivity contribution in [1.82, 2.24) is 14.5 Å². The summed E-state index contributed by atoms with van der Waals surface area (Å²) in [6.07, 6.45) is 1.05. The number of hydrogen-bond acceptors (Lipinski definition) is 3. The highest BCUT2D eigenvalue weighted by Gasteiger charge is 2.24. The number of H-pyrrole nitrogens is 1. The maximum atomic E-state index is 13.3. The third kappa shape index (κ3) is 3.00. The molecule has 32 heavy (non-hydrogen) atoms. The fourth-order valence-corrected chi connectivity index (χ4v) is 4.56. The molecule has 0 saturated heterocycles. The Balaban J connectivity index is 1.38. The molecule has 5 aromatic rings. The Hall–Kier alpha value is -4.19. The Morgan fingerprint density at radius 2 is 1.81 bits per heavy atom. The number of benzene rings is 3. The molecule has 156 valence electrons. The Labute approximate surface area is 183 Å². The van der Waals surface area contributed by atoms with Crippen LogP contribution in [0.2, 0.25) is 0 Å². The van der Waals surface area contributed by atoms with Crippen molar-refractivity contribution in [1.29, 1.82) is 0 Å². The molecule has 0 radical (unpaired) electrons. The minimum Gasteiger partial charge on any atom is -0.352 e. The molecule has 3 heterocycles. The molecular weight excluding hydrogens is 400 g/mol. The molecule has 3 aromatic carbocycles. The lowest BCUT2D eigenvalue weighted by atomic mass is 10.0. The van der Waals surface area contributed by atoms with Gasteiger partial charge in [0.15, 0.2) is 5.82 Å². The highest BCUT2D eigenvalue weighted by atomic mass is 16.1. The monoisotopic (exact) mass is 420 g/mol. The zero-order valence-corrected chi connectivity index (χ0v) is 17.3. The van der Waals surface area contributed by atoms with Gasteiger partial charge in [-0.05, 0) is 41.8 Å². The zero-order valence-electron chi connectivity index (χ0n) is 17.3. The van der Waals surface area contributed by atoms with Crippen LogP contribution in [-0.4, -0.2) is 20.4 Å². The van der Waals surface area contributed by atoms with E-state index in [1.54, 1.807) is 22.8 Å². The molecule has 1 aliphatic heterocycles. The molecule has 0 spiro atoms. The second-order valence-electron chi connectivity index (χ2n) is 8.11. The SMILES string of the molecule is O=C(Cc1ccccc1)Nc1ccc2nc3n(c(=O)c2c1)CCc1c-3[nH]c2ccccc12. The standard InChI is InChI=1S/C26H20N4O2/c31-23(14-16-6-2-1-3-7-16)27-17-10-11-22-20(15-17)26(32)30-13-12-19-18-8-4-5-9-21(18)28-24(19)25(30)29-22/h1-11,15,28H,12-14H2,(H,27,31). The third-order valence-corrected chi connectivity index (χ3v) is 6.07. The Bertz CT molecular complexity index is 1560. The van der Waals surface area contributed by atoms with Crippen LogP contribution < -0.4 is 10.9 Å². The van der Waals surface area contributed by atoms with E-state index in [-0.39, 0.29) is 17.9 Å². The highest BCUT2D eigenvalue weighted by Crippen LogP contribution is 2.33. The summed E-state index contributed by atoms with van der Waals surface area (Å²) in [5.41, 5.74) is 5.24. The quantitative estimate of drug-likeness (QED) is 0.457. The first-order valence-corrected chi connectivity index (χ1v) is 10.7. The predicted molar refractivity (Wildman–Crippen MR) is 126 cm³/mol. The third-order valence-electron chi connectivity index (χ3n) is 6.07. The number of rotatable bonds is 3. The van der Waals surface area contributed by atoms with Gasteiger partial charge in [0.1, 0.15) is 0 Å². The molecule has 0 unspecified atom stereocenters. The van der Waals surface area contributed by atoms with Crippen LogP contribution in [0.25, 0.3) is 33.3 Å². The summed E-state index contributed by atoms with van der Waals surface area (Å²) in [6, 6.07) is 23.1. The topological polar surface area (TPSA) is 79.8 Å². The van der Waals surface area contributed by atoms with Gasteiger partial charge in [0.05, 0.1) is 23.0 Å². The van der Waals surface area contributed by atoms with Crippen molar-refractivity contribution >= 4 is 33.4 Å². The van der Waals surface area contributed by atoms with Crippen LogP contribution in [0, 0.1) is 0 Å². The molecule has 2 aromatic heterocycles. The van der Waals surface area contributed by atoms with Crippen LogP contribution in [0.1, 0.15) is 11.1 Å².